The molecule has 6 nitrogen and oxygen atoms in total. The van der Waals surface area contributed by atoms with Crippen LogP contribution < -0.4 is 5.32 Å². The van der Waals surface area contributed by atoms with Gasteiger partial charge in [-0.3, -0.25) is 9.69 Å². The van der Waals surface area contributed by atoms with Crippen molar-refractivity contribution in [3.8, 4) is 0 Å². The first kappa shape index (κ1) is 19.5. The second-order valence-electron chi connectivity index (χ2n) is 7.84. The minimum atomic E-state index is -0.292. The third-order valence-electron chi connectivity index (χ3n) is 5.61. The number of aromatic nitrogens is 2. The third kappa shape index (κ3) is 4.79. The van der Waals surface area contributed by atoms with Gasteiger partial charge in [-0.25, -0.2) is 9.02 Å². The summed E-state index contributed by atoms with van der Waals surface area (Å²) in [6, 6.07) is 10.4. The highest BCUT2D eigenvalue weighted by Crippen LogP contribution is 2.25. The van der Waals surface area contributed by atoms with Gasteiger partial charge in [0.25, 0.3) is 0 Å². The van der Waals surface area contributed by atoms with E-state index in [1.165, 1.54) is 12.1 Å². The zero-order valence-corrected chi connectivity index (χ0v) is 16.5. The molecule has 1 N–H and O–H groups in total. The summed E-state index contributed by atoms with van der Waals surface area (Å²) in [7, 11) is 0. The van der Waals surface area contributed by atoms with Crippen LogP contribution in [0.3, 0.4) is 0 Å². The molecule has 2 heterocycles. The summed E-state index contributed by atoms with van der Waals surface area (Å²) >= 11 is 0. The molecule has 1 saturated heterocycles. The van der Waals surface area contributed by atoms with Crippen LogP contribution in [-0.2, 0) is 11.3 Å². The van der Waals surface area contributed by atoms with Gasteiger partial charge in [0.05, 0.1) is 0 Å². The van der Waals surface area contributed by atoms with Crippen LogP contribution >= 0.6 is 0 Å². The Kier molecular flexibility index (Phi) is 5.85. The minimum Gasteiger partial charge on any atom is -0.326 e. The van der Waals surface area contributed by atoms with Crippen molar-refractivity contribution >= 4 is 22.6 Å². The van der Waals surface area contributed by atoms with Crippen molar-refractivity contribution in [2.45, 2.75) is 39.2 Å². The molecular formula is C22H25FN4O2. The number of halogens is 1. The first-order valence-corrected chi connectivity index (χ1v) is 10.1. The lowest BCUT2D eigenvalue weighted by atomic mass is 9.93. The lowest BCUT2D eigenvalue weighted by molar-refractivity contribution is -0.116. The molecule has 3 aromatic rings. The number of likely N-dealkylation sites (tertiary alicyclic amines) is 1. The molecule has 4 rings (SSSR count). The van der Waals surface area contributed by atoms with Gasteiger partial charge in [0.15, 0.2) is 0 Å². The molecule has 29 heavy (non-hydrogen) atoms. The van der Waals surface area contributed by atoms with Gasteiger partial charge in [-0.1, -0.05) is 12.1 Å². The fraction of sp³-hybridized carbons (Fsp3) is 0.409. The number of amides is 1. The number of aryl methyl sites for hydroxylation is 1. The molecule has 1 atom stereocenters. The highest BCUT2D eigenvalue weighted by atomic mass is 19.1. The summed E-state index contributed by atoms with van der Waals surface area (Å²) in [5.74, 6) is 0.175. The molecular weight excluding hydrogens is 371 g/mol. The third-order valence-corrected chi connectivity index (χ3v) is 5.61. The predicted octanol–water partition coefficient (Wildman–Crippen LogP) is 4.30. The molecule has 0 aliphatic carbocycles. The number of piperidine rings is 1. The van der Waals surface area contributed by atoms with Crippen LogP contribution in [-0.4, -0.2) is 34.2 Å². The maximum atomic E-state index is 13.2. The van der Waals surface area contributed by atoms with E-state index in [1.807, 2.05) is 12.1 Å². The molecule has 7 heteroatoms. The van der Waals surface area contributed by atoms with E-state index < -0.39 is 0 Å². The number of hydrogen-bond donors (Lipinski definition) is 1. The predicted molar refractivity (Wildman–Crippen MR) is 109 cm³/mol. The van der Waals surface area contributed by atoms with Crippen LogP contribution in [0.5, 0.6) is 0 Å². The average molecular weight is 396 g/mol. The summed E-state index contributed by atoms with van der Waals surface area (Å²) in [5.41, 5.74) is 4.14. The molecule has 1 aromatic heterocycles. The van der Waals surface area contributed by atoms with Gasteiger partial charge in [0.2, 0.25) is 5.91 Å². The second-order valence-corrected chi connectivity index (χ2v) is 7.84. The molecule has 2 aromatic carbocycles. The molecule has 0 bridgehead atoms. The van der Waals surface area contributed by atoms with E-state index in [-0.39, 0.29) is 11.7 Å². The molecule has 0 spiro atoms. The summed E-state index contributed by atoms with van der Waals surface area (Å²) in [5, 5.41) is 10.8. The molecule has 152 valence electrons. The van der Waals surface area contributed by atoms with E-state index in [9.17, 15) is 9.18 Å². The van der Waals surface area contributed by atoms with Crippen molar-refractivity contribution in [1.29, 1.82) is 0 Å². The van der Waals surface area contributed by atoms with E-state index >= 15 is 0 Å². The summed E-state index contributed by atoms with van der Waals surface area (Å²) in [6.45, 7) is 4.61. The minimum absolute atomic E-state index is 0.0183. The van der Waals surface area contributed by atoms with Gasteiger partial charge in [-0.05, 0) is 84.4 Å². The fourth-order valence-electron chi connectivity index (χ4n) is 4.08. The molecule has 1 amide bonds. The van der Waals surface area contributed by atoms with Crippen LogP contribution in [0.2, 0.25) is 0 Å². The number of nitrogens with one attached hydrogen (secondary N) is 1. The SMILES string of the molecule is Cc1cc(F)ccc1NC(=O)CC[C@@H]1CCCN(Cc2cccc3nonc23)C1. The molecule has 1 fully saturated rings. The van der Waals surface area contributed by atoms with Gasteiger partial charge >= 0.3 is 0 Å². The number of rotatable bonds is 6. The van der Waals surface area contributed by atoms with E-state index in [4.69, 9.17) is 4.63 Å². The van der Waals surface area contributed by atoms with Crippen molar-refractivity contribution in [2.24, 2.45) is 5.92 Å². The van der Waals surface area contributed by atoms with Crippen molar-refractivity contribution in [3.63, 3.8) is 0 Å². The number of carbonyl (C=O) groups is 1. The van der Waals surface area contributed by atoms with Crippen LogP contribution in [0.15, 0.2) is 41.0 Å². The fourth-order valence-corrected chi connectivity index (χ4v) is 4.08. The zero-order valence-electron chi connectivity index (χ0n) is 16.5. The Hall–Kier alpha value is -2.80. The van der Waals surface area contributed by atoms with Crippen molar-refractivity contribution in [3.05, 3.63) is 53.3 Å². The molecule has 1 aliphatic heterocycles. The van der Waals surface area contributed by atoms with Gasteiger partial charge in [0.1, 0.15) is 16.9 Å². The topological polar surface area (TPSA) is 71.3 Å². The quantitative estimate of drug-likeness (QED) is 0.673. The number of fused-ring (bicyclic) bond motifs is 1. The highest BCUT2D eigenvalue weighted by Gasteiger charge is 2.22. The molecule has 0 saturated carbocycles. The van der Waals surface area contributed by atoms with Crippen LogP contribution in [0, 0.1) is 18.7 Å². The smallest absolute Gasteiger partial charge is 0.224 e. The maximum Gasteiger partial charge on any atom is 0.224 e. The Bertz CT molecular complexity index is 1000. The Labute approximate surface area is 169 Å². The Morgan fingerprint density at radius 1 is 1.31 bits per heavy atom. The molecule has 0 radical (unpaired) electrons. The van der Waals surface area contributed by atoms with Crippen LogP contribution in [0.25, 0.3) is 11.0 Å². The first-order valence-electron chi connectivity index (χ1n) is 10.1. The highest BCUT2D eigenvalue weighted by molar-refractivity contribution is 5.91. The Morgan fingerprint density at radius 3 is 3.07 bits per heavy atom. The first-order chi connectivity index (χ1) is 14.1. The van der Waals surface area contributed by atoms with Crippen molar-refractivity contribution in [2.75, 3.05) is 18.4 Å². The largest absolute Gasteiger partial charge is 0.326 e. The zero-order chi connectivity index (χ0) is 20.2. The number of benzene rings is 2. The number of anilines is 1. The summed E-state index contributed by atoms with van der Waals surface area (Å²) < 4.78 is 18.1. The number of hydrogen-bond acceptors (Lipinski definition) is 5. The van der Waals surface area contributed by atoms with Crippen LogP contribution in [0.4, 0.5) is 10.1 Å². The average Bonchev–Trinajstić information content (AvgIpc) is 3.19. The van der Waals surface area contributed by atoms with Gasteiger partial charge in [0, 0.05) is 25.2 Å². The normalized spacial score (nSPS) is 17.5. The summed E-state index contributed by atoms with van der Waals surface area (Å²) in [6.07, 6.45) is 3.57. The Morgan fingerprint density at radius 2 is 2.21 bits per heavy atom. The number of nitrogens with zero attached hydrogens (tertiary/aromatic N) is 3. The van der Waals surface area contributed by atoms with Gasteiger partial charge in [-0.15, -0.1) is 0 Å². The van der Waals surface area contributed by atoms with E-state index in [0.29, 0.717) is 18.0 Å². The lowest BCUT2D eigenvalue weighted by Gasteiger charge is -2.32. The van der Waals surface area contributed by atoms with E-state index in [2.05, 4.69) is 26.6 Å². The van der Waals surface area contributed by atoms with Gasteiger partial charge in [-0.2, -0.15) is 0 Å². The van der Waals surface area contributed by atoms with E-state index in [1.54, 1.807) is 13.0 Å². The monoisotopic (exact) mass is 396 g/mol. The van der Waals surface area contributed by atoms with Crippen molar-refractivity contribution < 1.29 is 13.8 Å². The van der Waals surface area contributed by atoms with E-state index in [0.717, 1.165) is 61.1 Å². The van der Waals surface area contributed by atoms with Gasteiger partial charge < -0.3 is 5.32 Å². The molecule has 1 aliphatic rings. The maximum absolute atomic E-state index is 13.2. The van der Waals surface area contributed by atoms with Crippen molar-refractivity contribution in [1.82, 2.24) is 15.2 Å². The standard InChI is InChI=1S/C22H25FN4O2/c1-15-12-18(23)8-9-19(15)24-21(28)10-7-16-4-3-11-27(13-16)14-17-5-2-6-20-22(17)26-29-25-20/h2,5-6,8-9,12,16H,3-4,7,10-11,13-14H2,1H3,(H,24,28)/t16-/m0/s1. The number of carbonyl (C=O) groups excluding carboxylic acids is 1. The summed E-state index contributed by atoms with van der Waals surface area (Å²) in [4.78, 5) is 14.8. The Balaban J connectivity index is 1.29. The molecule has 0 unspecified atom stereocenters. The lowest BCUT2D eigenvalue weighted by Crippen LogP contribution is -2.35. The van der Waals surface area contributed by atoms with Crippen LogP contribution in [0.1, 0.15) is 36.8 Å². The second kappa shape index (κ2) is 8.69.